The predicted molar refractivity (Wildman–Crippen MR) is 100.0 cm³/mol. The Kier molecular flexibility index (Phi) is 5.73. The summed E-state index contributed by atoms with van der Waals surface area (Å²) in [5.74, 6) is 0.902. The average molecular weight is 354 g/mol. The summed E-state index contributed by atoms with van der Waals surface area (Å²) in [4.78, 5) is 23.8. The molecule has 2 aromatic rings. The number of ether oxygens (including phenoxy) is 2. The van der Waals surface area contributed by atoms with Crippen molar-refractivity contribution in [3.8, 4) is 11.5 Å². The van der Waals surface area contributed by atoms with Gasteiger partial charge in [-0.15, -0.1) is 0 Å². The van der Waals surface area contributed by atoms with Gasteiger partial charge in [0.25, 0.3) is 11.8 Å². The third-order valence-corrected chi connectivity index (χ3v) is 4.00. The zero-order valence-electron chi connectivity index (χ0n) is 14.7. The van der Waals surface area contributed by atoms with Gasteiger partial charge in [-0.2, -0.15) is 0 Å². The van der Waals surface area contributed by atoms with Crippen molar-refractivity contribution < 1.29 is 19.1 Å². The maximum Gasteiger partial charge on any atom is 0.262 e. The molecule has 26 heavy (non-hydrogen) atoms. The van der Waals surface area contributed by atoms with Crippen LogP contribution in [0.4, 0.5) is 11.4 Å². The molecule has 2 amide bonds. The van der Waals surface area contributed by atoms with Crippen LogP contribution in [-0.4, -0.2) is 25.0 Å². The van der Waals surface area contributed by atoms with Crippen LogP contribution >= 0.6 is 0 Å². The van der Waals surface area contributed by atoms with Crippen LogP contribution in [0.2, 0.25) is 0 Å². The van der Waals surface area contributed by atoms with E-state index in [-0.39, 0.29) is 18.4 Å². The molecule has 0 atom stereocenters. The SMILES string of the molecule is CCCCCOc1ccc(C(=O)Nc2ccc3c(c2)NC(=O)CO3)cc1. The number of hydrogen-bond acceptors (Lipinski definition) is 4. The number of hydrogen-bond donors (Lipinski definition) is 2. The summed E-state index contributed by atoms with van der Waals surface area (Å²) in [6.45, 7) is 2.84. The molecule has 0 fully saturated rings. The number of anilines is 2. The van der Waals surface area contributed by atoms with Crippen molar-refractivity contribution >= 4 is 23.2 Å². The molecule has 2 N–H and O–H groups in total. The second-order valence-electron chi connectivity index (χ2n) is 6.08. The summed E-state index contributed by atoms with van der Waals surface area (Å²) in [6, 6.07) is 12.2. The number of rotatable bonds is 7. The fourth-order valence-electron chi connectivity index (χ4n) is 2.61. The van der Waals surface area contributed by atoms with Crippen molar-refractivity contribution in [3.63, 3.8) is 0 Å². The van der Waals surface area contributed by atoms with E-state index in [0.29, 0.717) is 29.3 Å². The fourth-order valence-corrected chi connectivity index (χ4v) is 2.61. The lowest BCUT2D eigenvalue weighted by atomic mass is 10.2. The van der Waals surface area contributed by atoms with Crippen molar-refractivity contribution in [2.24, 2.45) is 0 Å². The van der Waals surface area contributed by atoms with Gasteiger partial charge in [0.1, 0.15) is 11.5 Å². The maximum atomic E-state index is 12.4. The minimum Gasteiger partial charge on any atom is -0.494 e. The first-order valence-electron chi connectivity index (χ1n) is 8.76. The second kappa shape index (κ2) is 8.38. The van der Waals surface area contributed by atoms with Gasteiger partial charge < -0.3 is 20.1 Å². The molecule has 0 saturated carbocycles. The van der Waals surface area contributed by atoms with E-state index in [4.69, 9.17) is 9.47 Å². The first kappa shape index (κ1) is 17.8. The molecule has 3 rings (SSSR count). The highest BCUT2D eigenvalue weighted by atomic mass is 16.5. The van der Waals surface area contributed by atoms with Gasteiger partial charge in [-0.05, 0) is 48.9 Å². The molecule has 6 heteroatoms. The van der Waals surface area contributed by atoms with Crippen LogP contribution in [0.25, 0.3) is 0 Å². The smallest absolute Gasteiger partial charge is 0.262 e. The largest absolute Gasteiger partial charge is 0.494 e. The third-order valence-electron chi connectivity index (χ3n) is 4.00. The minimum absolute atomic E-state index is 0.00553. The van der Waals surface area contributed by atoms with Gasteiger partial charge in [-0.25, -0.2) is 0 Å². The Morgan fingerprint density at radius 3 is 2.77 bits per heavy atom. The summed E-state index contributed by atoms with van der Waals surface area (Å²) < 4.78 is 10.9. The first-order chi connectivity index (χ1) is 12.7. The zero-order valence-corrected chi connectivity index (χ0v) is 14.7. The highest BCUT2D eigenvalue weighted by Gasteiger charge is 2.16. The standard InChI is InChI=1S/C20H22N2O4/c1-2-3-4-11-25-16-8-5-14(6-9-16)20(24)21-15-7-10-18-17(12-15)22-19(23)13-26-18/h5-10,12H,2-4,11,13H2,1H3,(H,21,24)(H,22,23). The first-order valence-corrected chi connectivity index (χ1v) is 8.76. The van der Waals surface area contributed by atoms with Gasteiger partial charge in [0.2, 0.25) is 0 Å². The summed E-state index contributed by atoms with van der Waals surface area (Å²) >= 11 is 0. The van der Waals surface area contributed by atoms with Crippen molar-refractivity contribution in [2.45, 2.75) is 26.2 Å². The van der Waals surface area contributed by atoms with Crippen LogP contribution < -0.4 is 20.1 Å². The highest BCUT2D eigenvalue weighted by Crippen LogP contribution is 2.30. The normalized spacial score (nSPS) is 12.6. The summed E-state index contributed by atoms with van der Waals surface area (Å²) in [6.07, 6.45) is 3.32. The van der Waals surface area contributed by atoms with E-state index in [1.54, 1.807) is 42.5 Å². The lowest BCUT2D eigenvalue weighted by Gasteiger charge is -2.18. The molecule has 0 unspecified atom stereocenters. The molecule has 0 aromatic heterocycles. The van der Waals surface area contributed by atoms with Crippen molar-refractivity contribution in [2.75, 3.05) is 23.8 Å². The summed E-state index contributed by atoms with van der Waals surface area (Å²) in [5, 5.41) is 5.53. The number of carbonyl (C=O) groups is 2. The van der Waals surface area contributed by atoms with Crippen LogP contribution in [0.5, 0.6) is 11.5 Å². The van der Waals surface area contributed by atoms with E-state index in [0.717, 1.165) is 25.0 Å². The molecule has 0 radical (unpaired) electrons. The number of amides is 2. The molecule has 1 aliphatic rings. The monoisotopic (exact) mass is 354 g/mol. The quantitative estimate of drug-likeness (QED) is 0.741. The van der Waals surface area contributed by atoms with E-state index in [1.807, 2.05) is 0 Å². The van der Waals surface area contributed by atoms with E-state index >= 15 is 0 Å². The number of benzene rings is 2. The number of fused-ring (bicyclic) bond motifs is 1. The van der Waals surface area contributed by atoms with Gasteiger partial charge in [0, 0.05) is 11.3 Å². The van der Waals surface area contributed by atoms with Crippen molar-refractivity contribution in [1.82, 2.24) is 0 Å². The second-order valence-corrected chi connectivity index (χ2v) is 6.08. The Bertz CT molecular complexity index is 787. The van der Waals surface area contributed by atoms with Gasteiger partial charge in [-0.3, -0.25) is 9.59 Å². The third kappa shape index (κ3) is 4.53. The lowest BCUT2D eigenvalue weighted by Crippen LogP contribution is -2.25. The van der Waals surface area contributed by atoms with Gasteiger partial charge in [0.15, 0.2) is 6.61 Å². The minimum atomic E-state index is -0.231. The summed E-state index contributed by atoms with van der Waals surface area (Å²) in [7, 11) is 0. The molecule has 0 saturated heterocycles. The molecule has 1 aliphatic heterocycles. The lowest BCUT2D eigenvalue weighted by molar-refractivity contribution is -0.118. The summed E-state index contributed by atoms with van der Waals surface area (Å²) in [5.41, 5.74) is 1.67. The number of unbranched alkanes of at least 4 members (excludes halogenated alkanes) is 2. The Labute approximate surface area is 152 Å². The molecule has 2 aromatic carbocycles. The molecular formula is C20H22N2O4. The molecule has 0 aliphatic carbocycles. The molecule has 0 spiro atoms. The maximum absolute atomic E-state index is 12.4. The topological polar surface area (TPSA) is 76.7 Å². The fraction of sp³-hybridized carbons (Fsp3) is 0.300. The van der Waals surface area contributed by atoms with Crippen molar-refractivity contribution in [1.29, 1.82) is 0 Å². The van der Waals surface area contributed by atoms with Crippen LogP contribution in [0.1, 0.15) is 36.5 Å². The van der Waals surface area contributed by atoms with Gasteiger partial charge >= 0.3 is 0 Å². The van der Waals surface area contributed by atoms with E-state index in [1.165, 1.54) is 0 Å². The molecule has 6 nitrogen and oxygen atoms in total. The molecule has 0 bridgehead atoms. The average Bonchev–Trinajstić information content (AvgIpc) is 2.65. The Morgan fingerprint density at radius 2 is 2.00 bits per heavy atom. The highest BCUT2D eigenvalue weighted by molar-refractivity contribution is 6.05. The van der Waals surface area contributed by atoms with E-state index in [2.05, 4.69) is 17.6 Å². The van der Waals surface area contributed by atoms with Crippen molar-refractivity contribution in [3.05, 3.63) is 48.0 Å². The Morgan fingerprint density at radius 1 is 1.19 bits per heavy atom. The number of nitrogens with one attached hydrogen (secondary N) is 2. The zero-order chi connectivity index (χ0) is 18.4. The van der Waals surface area contributed by atoms with E-state index < -0.39 is 0 Å². The molecule has 1 heterocycles. The van der Waals surface area contributed by atoms with Crippen LogP contribution in [0.15, 0.2) is 42.5 Å². The Hall–Kier alpha value is -3.02. The molecule has 136 valence electrons. The van der Waals surface area contributed by atoms with Crippen LogP contribution in [-0.2, 0) is 4.79 Å². The van der Waals surface area contributed by atoms with Gasteiger partial charge in [0.05, 0.1) is 12.3 Å². The predicted octanol–water partition coefficient (Wildman–Crippen LogP) is 3.84. The van der Waals surface area contributed by atoms with Gasteiger partial charge in [-0.1, -0.05) is 19.8 Å². The number of carbonyl (C=O) groups excluding carboxylic acids is 2. The molecular weight excluding hydrogens is 332 g/mol. The Balaban J connectivity index is 1.59. The van der Waals surface area contributed by atoms with E-state index in [9.17, 15) is 9.59 Å². The van der Waals surface area contributed by atoms with Crippen LogP contribution in [0.3, 0.4) is 0 Å². The van der Waals surface area contributed by atoms with Crippen LogP contribution in [0, 0.1) is 0 Å².